The van der Waals surface area contributed by atoms with Gasteiger partial charge < -0.3 is 15.2 Å². The number of aromatic nitrogens is 3. The number of nitrogen functional groups attached to an aromatic ring is 1. The van der Waals surface area contributed by atoms with E-state index in [1.165, 1.54) is 0 Å². The lowest BCUT2D eigenvalue weighted by atomic mass is 10.0. The van der Waals surface area contributed by atoms with Crippen molar-refractivity contribution >= 4 is 28.3 Å². The van der Waals surface area contributed by atoms with Crippen LogP contribution in [0.2, 0.25) is 5.28 Å². The number of hydrogen-bond donors (Lipinski definition) is 1. The number of nitrogens with zero attached hydrogens (tertiary/aromatic N) is 3. The van der Waals surface area contributed by atoms with Gasteiger partial charge in [0.1, 0.15) is 5.82 Å². The molecular weight excluding hydrogens is 304 g/mol. The Hall–Kier alpha value is -2.60. The van der Waals surface area contributed by atoms with Crippen LogP contribution in [0.4, 0.5) is 5.82 Å². The van der Waals surface area contributed by atoms with Gasteiger partial charge in [-0.05, 0) is 23.7 Å². The topological polar surface area (TPSA) is 83.2 Å². The van der Waals surface area contributed by atoms with Crippen LogP contribution in [-0.4, -0.2) is 29.2 Å². The Kier molecular flexibility index (Phi) is 3.68. The molecule has 0 aliphatic carbocycles. The van der Waals surface area contributed by atoms with Gasteiger partial charge in [-0.1, -0.05) is 6.07 Å². The number of nitrogens with two attached hydrogens (primary N) is 1. The molecule has 0 fully saturated rings. The van der Waals surface area contributed by atoms with E-state index >= 15 is 0 Å². The fraction of sp³-hybridized carbons (Fsp3) is 0.133. The molecule has 22 heavy (non-hydrogen) atoms. The van der Waals surface area contributed by atoms with E-state index in [1.807, 2.05) is 18.2 Å². The Labute approximate surface area is 131 Å². The highest BCUT2D eigenvalue weighted by atomic mass is 35.5. The van der Waals surface area contributed by atoms with E-state index in [1.54, 1.807) is 26.5 Å². The van der Waals surface area contributed by atoms with Gasteiger partial charge in [-0.3, -0.25) is 4.98 Å². The van der Waals surface area contributed by atoms with Crippen molar-refractivity contribution in [3.63, 3.8) is 0 Å². The fourth-order valence-corrected chi connectivity index (χ4v) is 2.55. The summed E-state index contributed by atoms with van der Waals surface area (Å²) in [5, 5.41) is 0.699. The maximum atomic E-state index is 6.05. The van der Waals surface area contributed by atoms with Crippen LogP contribution < -0.4 is 15.2 Å². The molecule has 0 aliphatic heterocycles. The predicted octanol–water partition coefficient (Wildman–Crippen LogP) is 2.94. The third-order valence-electron chi connectivity index (χ3n) is 3.25. The van der Waals surface area contributed by atoms with E-state index in [4.69, 9.17) is 26.8 Å². The summed E-state index contributed by atoms with van der Waals surface area (Å²) in [6.45, 7) is 0. The number of pyridine rings is 1. The molecule has 0 amide bonds. The number of fused-ring (bicyclic) bond motifs is 1. The lowest BCUT2D eigenvalue weighted by Crippen LogP contribution is -2.01. The molecule has 112 valence electrons. The van der Waals surface area contributed by atoms with Crippen molar-refractivity contribution < 1.29 is 9.47 Å². The second-order valence-electron chi connectivity index (χ2n) is 4.47. The maximum absolute atomic E-state index is 6.05. The highest BCUT2D eigenvalue weighted by Gasteiger charge is 2.21. The van der Waals surface area contributed by atoms with Crippen LogP contribution in [0.3, 0.4) is 0 Å². The van der Waals surface area contributed by atoms with Crippen molar-refractivity contribution in [3.8, 4) is 22.8 Å². The summed E-state index contributed by atoms with van der Waals surface area (Å²) in [7, 11) is 3.11. The second-order valence-corrected chi connectivity index (χ2v) is 4.81. The standard InChI is InChI=1S/C15H13ClN4O2/c1-21-10-7-9-12(14(17)20-15(16)19-9)11(13(10)22-2)8-5-3-4-6-18-8/h3-7H,1-2H3,(H2,17,19,20). The Morgan fingerprint density at radius 3 is 2.59 bits per heavy atom. The monoisotopic (exact) mass is 316 g/mol. The number of anilines is 1. The maximum Gasteiger partial charge on any atom is 0.224 e. The number of methoxy groups -OCH3 is 2. The number of ether oxygens (including phenoxy) is 2. The van der Waals surface area contributed by atoms with Crippen molar-refractivity contribution in [1.82, 2.24) is 15.0 Å². The molecule has 0 unspecified atom stereocenters. The molecule has 2 aromatic heterocycles. The molecule has 2 heterocycles. The van der Waals surface area contributed by atoms with E-state index in [0.717, 1.165) is 0 Å². The van der Waals surface area contributed by atoms with Gasteiger partial charge in [0, 0.05) is 12.3 Å². The molecule has 0 spiro atoms. The van der Waals surface area contributed by atoms with Crippen LogP contribution in [0.1, 0.15) is 0 Å². The molecule has 0 radical (unpaired) electrons. The van der Waals surface area contributed by atoms with E-state index in [0.29, 0.717) is 33.7 Å². The third kappa shape index (κ3) is 2.27. The predicted molar refractivity (Wildman–Crippen MR) is 85.3 cm³/mol. The Balaban J connectivity index is 2.50. The van der Waals surface area contributed by atoms with Crippen LogP contribution in [0, 0.1) is 0 Å². The lowest BCUT2D eigenvalue weighted by molar-refractivity contribution is 0.357. The van der Waals surface area contributed by atoms with Crippen molar-refractivity contribution in [2.45, 2.75) is 0 Å². The van der Waals surface area contributed by atoms with Crippen molar-refractivity contribution in [1.29, 1.82) is 0 Å². The van der Waals surface area contributed by atoms with Gasteiger partial charge in [0.15, 0.2) is 11.5 Å². The molecule has 0 saturated carbocycles. The highest BCUT2D eigenvalue weighted by molar-refractivity contribution is 6.29. The van der Waals surface area contributed by atoms with E-state index < -0.39 is 0 Å². The fourth-order valence-electron chi connectivity index (χ4n) is 2.36. The van der Waals surface area contributed by atoms with Gasteiger partial charge in [0.2, 0.25) is 5.28 Å². The Morgan fingerprint density at radius 2 is 1.95 bits per heavy atom. The summed E-state index contributed by atoms with van der Waals surface area (Å²) in [5.74, 6) is 1.30. The largest absolute Gasteiger partial charge is 0.493 e. The zero-order valence-corrected chi connectivity index (χ0v) is 12.8. The molecule has 2 N–H and O–H groups in total. The first-order valence-corrected chi connectivity index (χ1v) is 6.82. The minimum atomic E-state index is 0.0733. The quantitative estimate of drug-likeness (QED) is 0.748. The summed E-state index contributed by atoms with van der Waals surface area (Å²) < 4.78 is 10.9. The minimum Gasteiger partial charge on any atom is -0.493 e. The number of hydrogen-bond acceptors (Lipinski definition) is 6. The molecule has 0 saturated heterocycles. The smallest absolute Gasteiger partial charge is 0.224 e. The first-order valence-electron chi connectivity index (χ1n) is 6.44. The number of halogens is 1. The van der Waals surface area contributed by atoms with Gasteiger partial charge in [-0.15, -0.1) is 0 Å². The molecular formula is C15H13ClN4O2. The van der Waals surface area contributed by atoms with Crippen LogP contribution in [0.25, 0.3) is 22.2 Å². The Morgan fingerprint density at radius 1 is 1.14 bits per heavy atom. The summed E-state index contributed by atoms with van der Waals surface area (Å²) in [4.78, 5) is 12.6. The van der Waals surface area contributed by atoms with Gasteiger partial charge in [0.25, 0.3) is 0 Å². The zero-order chi connectivity index (χ0) is 15.7. The van der Waals surface area contributed by atoms with E-state index in [9.17, 15) is 0 Å². The first-order chi connectivity index (χ1) is 10.7. The minimum absolute atomic E-state index is 0.0733. The molecule has 6 nitrogen and oxygen atoms in total. The lowest BCUT2D eigenvalue weighted by Gasteiger charge is -2.16. The second kappa shape index (κ2) is 5.65. The summed E-state index contributed by atoms with van der Waals surface area (Å²) in [6.07, 6.45) is 1.69. The SMILES string of the molecule is COc1cc2nc(Cl)nc(N)c2c(-c2ccccn2)c1OC. The summed E-state index contributed by atoms with van der Waals surface area (Å²) in [5.41, 5.74) is 7.97. The average molecular weight is 317 g/mol. The molecule has 3 aromatic rings. The average Bonchev–Trinajstić information content (AvgIpc) is 2.53. The molecule has 1 aromatic carbocycles. The molecule has 3 rings (SSSR count). The Bertz CT molecular complexity index is 840. The van der Waals surface area contributed by atoms with Crippen molar-refractivity contribution in [3.05, 3.63) is 35.7 Å². The van der Waals surface area contributed by atoms with Crippen LogP contribution >= 0.6 is 11.6 Å². The number of rotatable bonds is 3. The van der Waals surface area contributed by atoms with Crippen molar-refractivity contribution in [2.75, 3.05) is 20.0 Å². The van der Waals surface area contributed by atoms with Gasteiger partial charge >= 0.3 is 0 Å². The van der Waals surface area contributed by atoms with Gasteiger partial charge in [0.05, 0.1) is 36.4 Å². The van der Waals surface area contributed by atoms with Gasteiger partial charge in [-0.2, -0.15) is 0 Å². The first kappa shape index (κ1) is 14.3. The van der Waals surface area contributed by atoms with Crippen LogP contribution in [-0.2, 0) is 0 Å². The molecule has 0 aliphatic rings. The molecule has 7 heteroatoms. The van der Waals surface area contributed by atoms with Crippen molar-refractivity contribution in [2.24, 2.45) is 0 Å². The van der Waals surface area contributed by atoms with Crippen LogP contribution in [0.15, 0.2) is 30.5 Å². The third-order valence-corrected chi connectivity index (χ3v) is 3.42. The summed E-state index contributed by atoms with van der Waals surface area (Å²) >= 11 is 5.90. The number of benzene rings is 1. The molecule has 0 bridgehead atoms. The zero-order valence-electron chi connectivity index (χ0n) is 12.0. The highest BCUT2D eigenvalue weighted by Crippen LogP contribution is 2.44. The van der Waals surface area contributed by atoms with E-state index in [2.05, 4.69) is 15.0 Å². The molecule has 0 atom stereocenters. The van der Waals surface area contributed by atoms with Crippen LogP contribution in [0.5, 0.6) is 11.5 Å². The van der Waals surface area contributed by atoms with Gasteiger partial charge in [-0.25, -0.2) is 9.97 Å². The summed E-state index contributed by atoms with van der Waals surface area (Å²) in [6, 6.07) is 7.27. The van der Waals surface area contributed by atoms with E-state index in [-0.39, 0.29) is 11.1 Å². The normalized spacial score (nSPS) is 10.7.